The van der Waals surface area contributed by atoms with Crippen molar-refractivity contribution in [2.24, 2.45) is 17.6 Å². The molecule has 3 unspecified atom stereocenters. The zero-order valence-corrected chi connectivity index (χ0v) is 9.15. The first-order chi connectivity index (χ1) is 7.26. The highest BCUT2D eigenvalue weighted by Crippen LogP contribution is 2.50. The second-order valence-corrected chi connectivity index (χ2v) is 5.46. The maximum Gasteiger partial charge on any atom is 0.0188 e. The maximum atomic E-state index is 6.49. The molecule has 2 aliphatic carbocycles. The number of rotatable bonds is 2. The molecule has 2 fully saturated rings. The van der Waals surface area contributed by atoms with E-state index in [1.807, 2.05) is 0 Å². The van der Waals surface area contributed by atoms with Gasteiger partial charge in [-0.05, 0) is 49.5 Å². The molecule has 1 aromatic carbocycles. The minimum Gasteiger partial charge on any atom is -0.325 e. The fraction of sp³-hybridized carbons (Fsp3) is 0.571. The highest BCUT2D eigenvalue weighted by atomic mass is 14.8. The quantitative estimate of drug-likeness (QED) is 0.782. The molecule has 3 rings (SSSR count). The number of benzene rings is 1. The van der Waals surface area contributed by atoms with Crippen molar-refractivity contribution in [3.05, 3.63) is 35.9 Å². The average molecular weight is 201 g/mol. The van der Waals surface area contributed by atoms with E-state index in [-0.39, 0.29) is 5.54 Å². The van der Waals surface area contributed by atoms with Gasteiger partial charge in [0.05, 0.1) is 0 Å². The average Bonchev–Trinajstić information content (AvgIpc) is 2.75. The van der Waals surface area contributed by atoms with E-state index < -0.39 is 0 Å². The summed E-state index contributed by atoms with van der Waals surface area (Å²) in [5.74, 6) is 1.67. The molecule has 1 heteroatoms. The summed E-state index contributed by atoms with van der Waals surface area (Å²) >= 11 is 0. The van der Waals surface area contributed by atoms with Gasteiger partial charge in [0.2, 0.25) is 0 Å². The van der Waals surface area contributed by atoms with E-state index in [2.05, 4.69) is 30.3 Å². The van der Waals surface area contributed by atoms with E-state index in [9.17, 15) is 0 Å². The summed E-state index contributed by atoms with van der Waals surface area (Å²) in [6.07, 6.45) is 6.47. The first-order valence-electron chi connectivity index (χ1n) is 6.09. The highest BCUT2D eigenvalue weighted by Gasteiger charge is 2.48. The number of nitrogens with two attached hydrogens (primary N) is 1. The summed E-state index contributed by atoms with van der Waals surface area (Å²) in [6.45, 7) is 0. The van der Waals surface area contributed by atoms with Crippen molar-refractivity contribution in [3.63, 3.8) is 0 Å². The van der Waals surface area contributed by atoms with Crippen LogP contribution in [-0.2, 0) is 6.42 Å². The van der Waals surface area contributed by atoms with Crippen LogP contribution in [0.3, 0.4) is 0 Å². The lowest BCUT2D eigenvalue weighted by Crippen LogP contribution is -2.43. The summed E-state index contributed by atoms with van der Waals surface area (Å²) < 4.78 is 0. The fourth-order valence-corrected chi connectivity index (χ4v) is 3.61. The molecule has 0 aromatic heterocycles. The molecule has 15 heavy (non-hydrogen) atoms. The normalized spacial score (nSPS) is 38.5. The van der Waals surface area contributed by atoms with Gasteiger partial charge in [-0.3, -0.25) is 0 Å². The fourth-order valence-electron chi connectivity index (χ4n) is 3.61. The second kappa shape index (κ2) is 3.34. The van der Waals surface area contributed by atoms with Gasteiger partial charge < -0.3 is 5.73 Å². The Morgan fingerprint density at radius 1 is 1.27 bits per heavy atom. The Morgan fingerprint density at radius 2 is 2.07 bits per heavy atom. The van der Waals surface area contributed by atoms with Crippen LogP contribution in [-0.4, -0.2) is 5.54 Å². The SMILES string of the molecule is NC12CCC(CC1Cc1ccccc1)C2. The van der Waals surface area contributed by atoms with Gasteiger partial charge in [0, 0.05) is 5.54 Å². The molecule has 1 nitrogen and oxygen atoms in total. The molecule has 0 heterocycles. The van der Waals surface area contributed by atoms with Crippen molar-refractivity contribution in [3.8, 4) is 0 Å². The predicted octanol–water partition coefficient (Wildman–Crippen LogP) is 2.75. The lowest BCUT2D eigenvalue weighted by Gasteiger charge is -2.31. The first kappa shape index (κ1) is 9.41. The lowest BCUT2D eigenvalue weighted by molar-refractivity contribution is 0.281. The van der Waals surface area contributed by atoms with Gasteiger partial charge in [-0.1, -0.05) is 30.3 Å². The van der Waals surface area contributed by atoms with Crippen molar-refractivity contribution in [2.75, 3.05) is 0 Å². The van der Waals surface area contributed by atoms with E-state index in [0.717, 1.165) is 11.8 Å². The van der Waals surface area contributed by atoms with Crippen LogP contribution in [0.5, 0.6) is 0 Å². The third-order valence-corrected chi connectivity index (χ3v) is 4.44. The molecule has 0 radical (unpaired) electrons. The summed E-state index contributed by atoms with van der Waals surface area (Å²) in [5.41, 5.74) is 8.13. The number of hydrogen-bond donors (Lipinski definition) is 1. The van der Waals surface area contributed by atoms with Gasteiger partial charge in [-0.15, -0.1) is 0 Å². The van der Waals surface area contributed by atoms with Crippen LogP contribution < -0.4 is 5.73 Å². The summed E-state index contributed by atoms with van der Waals surface area (Å²) in [4.78, 5) is 0. The largest absolute Gasteiger partial charge is 0.325 e. The Balaban J connectivity index is 1.75. The molecule has 1 aromatic rings. The van der Waals surface area contributed by atoms with Crippen molar-refractivity contribution in [1.82, 2.24) is 0 Å². The third-order valence-electron chi connectivity index (χ3n) is 4.44. The highest BCUT2D eigenvalue weighted by molar-refractivity contribution is 5.18. The van der Waals surface area contributed by atoms with Gasteiger partial charge in [-0.25, -0.2) is 0 Å². The van der Waals surface area contributed by atoms with E-state index in [4.69, 9.17) is 5.73 Å². The van der Waals surface area contributed by atoms with Crippen molar-refractivity contribution in [1.29, 1.82) is 0 Å². The molecule has 0 saturated heterocycles. The van der Waals surface area contributed by atoms with Gasteiger partial charge in [0.1, 0.15) is 0 Å². The van der Waals surface area contributed by atoms with Crippen LogP contribution in [0.1, 0.15) is 31.2 Å². The topological polar surface area (TPSA) is 26.0 Å². The number of hydrogen-bond acceptors (Lipinski definition) is 1. The van der Waals surface area contributed by atoms with E-state index in [1.54, 1.807) is 0 Å². The number of fused-ring (bicyclic) bond motifs is 2. The first-order valence-corrected chi connectivity index (χ1v) is 6.09. The molecular formula is C14H19N. The molecule has 2 saturated carbocycles. The van der Waals surface area contributed by atoms with Crippen LogP contribution >= 0.6 is 0 Å². The molecular weight excluding hydrogens is 182 g/mol. The van der Waals surface area contributed by atoms with E-state index in [1.165, 1.54) is 37.7 Å². The van der Waals surface area contributed by atoms with Gasteiger partial charge >= 0.3 is 0 Å². The van der Waals surface area contributed by atoms with Crippen LogP contribution in [0.2, 0.25) is 0 Å². The Kier molecular flexibility index (Phi) is 2.10. The lowest BCUT2D eigenvalue weighted by atomic mass is 9.79. The summed E-state index contributed by atoms with van der Waals surface area (Å²) in [7, 11) is 0. The second-order valence-electron chi connectivity index (χ2n) is 5.46. The minimum absolute atomic E-state index is 0.181. The zero-order chi connectivity index (χ0) is 10.3. The minimum atomic E-state index is 0.181. The Morgan fingerprint density at radius 3 is 2.67 bits per heavy atom. The van der Waals surface area contributed by atoms with Gasteiger partial charge in [-0.2, -0.15) is 0 Å². The summed E-state index contributed by atoms with van der Waals surface area (Å²) in [5, 5.41) is 0. The van der Waals surface area contributed by atoms with Crippen molar-refractivity contribution in [2.45, 2.75) is 37.6 Å². The zero-order valence-electron chi connectivity index (χ0n) is 9.15. The Labute approximate surface area is 91.7 Å². The molecule has 80 valence electrons. The molecule has 0 aliphatic heterocycles. The van der Waals surface area contributed by atoms with Crippen molar-refractivity contribution >= 4 is 0 Å². The standard InChI is InChI=1S/C14H19N/c15-14-7-6-12(10-14)9-13(14)8-11-4-2-1-3-5-11/h1-5,12-13H,6-10,15H2. The Hall–Kier alpha value is -0.820. The van der Waals surface area contributed by atoms with E-state index in [0.29, 0.717) is 0 Å². The Bertz CT molecular complexity index is 346. The molecule has 2 aliphatic rings. The van der Waals surface area contributed by atoms with Crippen LogP contribution in [0.4, 0.5) is 0 Å². The monoisotopic (exact) mass is 201 g/mol. The van der Waals surface area contributed by atoms with Crippen LogP contribution in [0.15, 0.2) is 30.3 Å². The smallest absolute Gasteiger partial charge is 0.0188 e. The van der Waals surface area contributed by atoms with E-state index >= 15 is 0 Å². The molecule has 2 bridgehead atoms. The van der Waals surface area contributed by atoms with Crippen molar-refractivity contribution < 1.29 is 0 Å². The van der Waals surface area contributed by atoms with Gasteiger partial charge in [0.25, 0.3) is 0 Å². The molecule has 0 spiro atoms. The molecule has 0 amide bonds. The van der Waals surface area contributed by atoms with Crippen LogP contribution in [0.25, 0.3) is 0 Å². The molecule has 2 N–H and O–H groups in total. The molecule has 3 atom stereocenters. The maximum absolute atomic E-state index is 6.49. The third kappa shape index (κ3) is 1.59. The predicted molar refractivity (Wildman–Crippen MR) is 62.5 cm³/mol. The van der Waals surface area contributed by atoms with Gasteiger partial charge in [0.15, 0.2) is 0 Å². The van der Waals surface area contributed by atoms with Crippen LogP contribution in [0, 0.1) is 11.8 Å². The summed E-state index contributed by atoms with van der Waals surface area (Å²) in [6, 6.07) is 10.8.